The predicted octanol–water partition coefficient (Wildman–Crippen LogP) is -0.374. The SMILES string of the molecule is C=C(O)CNC(=O)CCNC(=C)CN. The van der Waals surface area contributed by atoms with Crippen LogP contribution in [0.25, 0.3) is 0 Å². The van der Waals surface area contributed by atoms with Crippen molar-refractivity contribution in [3.8, 4) is 0 Å². The molecule has 0 saturated carbocycles. The second-order valence-electron chi connectivity index (χ2n) is 2.83. The summed E-state index contributed by atoms with van der Waals surface area (Å²) in [5.41, 5.74) is 5.98. The van der Waals surface area contributed by atoms with E-state index in [4.69, 9.17) is 10.8 Å². The van der Waals surface area contributed by atoms with Gasteiger partial charge in [-0.2, -0.15) is 0 Å². The van der Waals surface area contributed by atoms with Crippen molar-refractivity contribution in [1.82, 2.24) is 10.6 Å². The number of aliphatic hydroxyl groups is 1. The summed E-state index contributed by atoms with van der Waals surface area (Å²) in [5, 5.41) is 14.1. The Bertz CT molecular complexity index is 226. The Balaban J connectivity index is 3.45. The van der Waals surface area contributed by atoms with Crippen LogP contribution >= 0.6 is 0 Å². The highest BCUT2D eigenvalue weighted by Crippen LogP contribution is 1.83. The van der Waals surface area contributed by atoms with E-state index in [9.17, 15) is 4.79 Å². The Morgan fingerprint density at radius 3 is 2.50 bits per heavy atom. The van der Waals surface area contributed by atoms with Crippen LogP contribution in [0.2, 0.25) is 0 Å². The number of carbonyl (C=O) groups is 1. The average Bonchev–Trinajstić information content (AvgIpc) is 2.14. The van der Waals surface area contributed by atoms with E-state index < -0.39 is 0 Å². The van der Waals surface area contributed by atoms with Gasteiger partial charge in [-0.15, -0.1) is 0 Å². The summed E-state index contributed by atoms with van der Waals surface area (Å²) in [6, 6.07) is 0. The maximum Gasteiger partial charge on any atom is 0.222 e. The molecule has 0 bridgehead atoms. The fourth-order valence-corrected chi connectivity index (χ4v) is 0.714. The number of nitrogens with two attached hydrogens (primary N) is 1. The summed E-state index contributed by atoms with van der Waals surface area (Å²) in [7, 11) is 0. The van der Waals surface area contributed by atoms with E-state index in [1.54, 1.807) is 0 Å². The van der Waals surface area contributed by atoms with Crippen LogP contribution in [-0.2, 0) is 4.79 Å². The Hall–Kier alpha value is -1.49. The van der Waals surface area contributed by atoms with Crippen LogP contribution in [0.3, 0.4) is 0 Å². The molecule has 0 atom stereocenters. The van der Waals surface area contributed by atoms with E-state index in [1.807, 2.05) is 0 Å². The molecule has 5 N–H and O–H groups in total. The molecule has 1 amide bonds. The van der Waals surface area contributed by atoms with Crippen molar-refractivity contribution in [3.63, 3.8) is 0 Å². The Morgan fingerprint density at radius 1 is 1.36 bits per heavy atom. The normalized spacial score (nSPS) is 9.21. The molecule has 14 heavy (non-hydrogen) atoms. The van der Waals surface area contributed by atoms with Crippen LogP contribution in [0.5, 0.6) is 0 Å². The second-order valence-corrected chi connectivity index (χ2v) is 2.83. The zero-order chi connectivity index (χ0) is 11.0. The lowest BCUT2D eigenvalue weighted by molar-refractivity contribution is -0.120. The number of amides is 1. The van der Waals surface area contributed by atoms with Crippen LogP contribution in [-0.4, -0.2) is 30.6 Å². The standard InChI is InChI=1S/C9H17N3O2/c1-7(5-10)11-4-3-9(14)12-6-8(2)13/h11,13H,1-6,10H2,(H,12,14). The van der Waals surface area contributed by atoms with E-state index in [0.29, 0.717) is 25.2 Å². The minimum Gasteiger partial charge on any atom is -0.511 e. The van der Waals surface area contributed by atoms with Crippen LogP contribution in [0.15, 0.2) is 24.6 Å². The van der Waals surface area contributed by atoms with E-state index >= 15 is 0 Å². The third-order valence-electron chi connectivity index (χ3n) is 1.46. The van der Waals surface area contributed by atoms with Gasteiger partial charge in [0.05, 0.1) is 6.54 Å². The van der Waals surface area contributed by atoms with Crippen LogP contribution in [0.1, 0.15) is 6.42 Å². The number of nitrogens with one attached hydrogen (secondary N) is 2. The van der Waals surface area contributed by atoms with Gasteiger partial charge >= 0.3 is 0 Å². The van der Waals surface area contributed by atoms with Crippen molar-refractivity contribution < 1.29 is 9.90 Å². The minimum atomic E-state index is -0.155. The van der Waals surface area contributed by atoms with Gasteiger partial charge in [-0.3, -0.25) is 4.79 Å². The lowest BCUT2D eigenvalue weighted by Gasteiger charge is -2.07. The highest BCUT2D eigenvalue weighted by molar-refractivity contribution is 5.76. The Labute approximate surface area is 83.7 Å². The number of hydrogen-bond donors (Lipinski definition) is 4. The van der Waals surface area contributed by atoms with Gasteiger partial charge in [0.15, 0.2) is 0 Å². The van der Waals surface area contributed by atoms with Crippen molar-refractivity contribution in [2.75, 3.05) is 19.6 Å². The number of carbonyl (C=O) groups excluding carboxylic acids is 1. The maximum atomic E-state index is 11.1. The molecule has 0 spiro atoms. The number of aliphatic hydroxyl groups excluding tert-OH is 1. The van der Waals surface area contributed by atoms with E-state index in [1.165, 1.54) is 0 Å². The van der Waals surface area contributed by atoms with Crippen molar-refractivity contribution in [1.29, 1.82) is 0 Å². The summed E-state index contributed by atoms with van der Waals surface area (Å²) in [6.07, 6.45) is 0.312. The predicted molar refractivity (Wildman–Crippen MR) is 55.6 cm³/mol. The van der Waals surface area contributed by atoms with Gasteiger partial charge in [-0.25, -0.2) is 0 Å². The van der Waals surface area contributed by atoms with Gasteiger partial charge in [-0.1, -0.05) is 13.2 Å². The highest BCUT2D eigenvalue weighted by Gasteiger charge is 2.00. The molecule has 0 unspecified atom stereocenters. The van der Waals surface area contributed by atoms with Crippen molar-refractivity contribution in [3.05, 3.63) is 24.6 Å². The monoisotopic (exact) mass is 199 g/mol. The Morgan fingerprint density at radius 2 is 2.00 bits per heavy atom. The van der Waals surface area contributed by atoms with Crippen molar-refractivity contribution in [2.24, 2.45) is 5.73 Å². The number of hydrogen-bond acceptors (Lipinski definition) is 4. The molecule has 0 aromatic carbocycles. The summed E-state index contributed by atoms with van der Waals surface area (Å²) < 4.78 is 0. The molecular weight excluding hydrogens is 182 g/mol. The van der Waals surface area contributed by atoms with E-state index in [0.717, 1.165) is 0 Å². The molecule has 80 valence electrons. The molecule has 0 aliphatic rings. The van der Waals surface area contributed by atoms with E-state index in [2.05, 4.69) is 23.8 Å². The molecule has 0 heterocycles. The van der Waals surface area contributed by atoms with Gasteiger partial charge in [-0.05, 0) is 0 Å². The molecule has 0 saturated heterocycles. The van der Waals surface area contributed by atoms with Crippen molar-refractivity contribution in [2.45, 2.75) is 6.42 Å². The zero-order valence-electron chi connectivity index (χ0n) is 8.18. The first-order chi connectivity index (χ1) is 6.56. The third kappa shape index (κ3) is 7.17. The molecule has 0 rings (SSSR count). The topological polar surface area (TPSA) is 87.4 Å². The van der Waals surface area contributed by atoms with Gasteiger partial charge in [0, 0.05) is 25.2 Å². The van der Waals surface area contributed by atoms with Gasteiger partial charge < -0.3 is 21.5 Å². The van der Waals surface area contributed by atoms with Crippen molar-refractivity contribution >= 4 is 5.91 Å². The fraction of sp³-hybridized carbons (Fsp3) is 0.444. The molecule has 5 nitrogen and oxygen atoms in total. The minimum absolute atomic E-state index is 0.0577. The first-order valence-corrected chi connectivity index (χ1v) is 4.31. The van der Waals surface area contributed by atoms with Crippen LogP contribution < -0.4 is 16.4 Å². The van der Waals surface area contributed by atoms with Crippen LogP contribution in [0.4, 0.5) is 0 Å². The number of rotatable bonds is 7. The maximum absolute atomic E-state index is 11.1. The molecule has 0 radical (unpaired) electrons. The fourth-order valence-electron chi connectivity index (χ4n) is 0.714. The molecule has 0 aliphatic carbocycles. The average molecular weight is 199 g/mol. The first kappa shape index (κ1) is 12.5. The summed E-state index contributed by atoms with van der Waals surface area (Å²) in [4.78, 5) is 11.1. The van der Waals surface area contributed by atoms with Gasteiger partial charge in [0.1, 0.15) is 5.76 Å². The highest BCUT2D eigenvalue weighted by atomic mass is 16.3. The van der Waals surface area contributed by atoms with Crippen LogP contribution in [0, 0.1) is 0 Å². The quantitative estimate of drug-likeness (QED) is 0.421. The smallest absolute Gasteiger partial charge is 0.222 e. The molecule has 5 heteroatoms. The van der Waals surface area contributed by atoms with Gasteiger partial charge in [0.25, 0.3) is 0 Å². The zero-order valence-corrected chi connectivity index (χ0v) is 8.18. The third-order valence-corrected chi connectivity index (χ3v) is 1.46. The summed E-state index contributed by atoms with van der Waals surface area (Å²) in [5.74, 6) is -0.213. The summed E-state index contributed by atoms with van der Waals surface area (Å²) >= 11 is 0. The first-order valence-electron chi connectivity index (χ1n) is 4.31. The lowest BCUT2D eigenvalue weighted by atomic mass is 10.3. The Kier molecular flexibility index (Phi) is 6.22. The molecule has 0 fully saturated rings. The summed E-state index contributed by atoms with van der Waals surface area (Å²) in [6.45, 7) is 7.80. The van der Waals surface area contributed by atoms with Gasteiger partial charge in [0.2, 0.25) is 5.91 Å². The second kappa shape index (κ2) is 6.97. The molecular formula is C9H17N3O2. The lowest BCUT2D eigenvalue weighted by Crippen LogP contribution is -2.29. The largest absolute Gasteiger partial charge is 0.511 e. The molecule has 0 aliphatic heterocycles. The van der Waals surface area contributed by atoms with E-state index in [-0.39, 0.29) is 18.2 Å². The molecule has 0 aromatic heterocycles. The molecule has 0 aromatic rings.